The van der Waals surface area contributed by atoms with E-state index in [0.29, 0.717) is 29.7 Å². The fourth-order valence-corrected chi connectivity index (χ4v) is 2.02. The largest absolute Gasteiger partial charge is 0.489 e. The van der Waals surface area contributed by atoms with Gasteiger partial charge in [-0.3, -0.25) is 0 Å². The van der Waals surface area contributed by atoms with Crippen LogP contribution in [-0.4, -0.2) is 23.4 Å². The molecule has 1 aromatic carbocycles. The first-order chi connectivity index (χ1) is 9.40. The summed E-state index contributed by atoms with van der Waals surface area (Å²) in [5.41, 5.74) is 0.346. The van der Waals surface area contributed by atoms with Gasteiger partial charge in [-0.15, -0.1) is 0 Å². The van der Waals surface area contributed by atoms with Crippen LogP contribution in [0, 0.1) is 0 Å². The number of aliphatic hydroxyl groups is 1. The maximum absolute atomic E-state index is 10.2. The quantitative estimate of drug-likeness (QED) is 0.768. The molecule has 0 aliphatic heterocycles. The number of halogens is 1. The van der Waals surface area contributed by atoms with E-state index < -0.39 is 5.60 Å². The second-order valence-corrected chi connectivity index (χ2v) is 5.93. The van der Waals surface area contributed by atoms with Gasteiger partial charge in [0.15, 0.2) is 0 Å². The van der Waals surface area contributed by atoms with Crippen molar-refractivity contribution in [1.29, 1.82) is 0 Å². The third-order valence-electron chi connectivity index (χ3n) is 3.52. The first-order valence-corrected chi connectivity index (χ1v) is 7.65. The molecule has 0 atom stereocenters. The molecule has 0 radical (unpaired) electrons. The van der Waals surface area contributed by atoms with E-state index in [1.165, 1.54) is 0 Å². The first-order valence-electron chi connectivity index (χ1n) is 7.27. The van der Waals surface area contributed by atoms with Gasteiger partial charge in [0.1, 0.15) is 12.4 Å². The Kier molecular flexibility index (Phi) is 6.80. The third-order valence-corrected chi connectivity index (χ3v) is 3.82. The van der Waals surface area contributed by atoms with Crippen LogP contribution in [-0.2, 0) is 6.54 Å². The van der Waals surface area contributed by atoms with Crippen molar-refractivity contribution in [2.24, 2.45) is 0 Å². The molecule has 0 saturated carbocycles. The van der Waals surface area contributed by atoms with Gasteiger partial charge < -0.3 is 15.2 Å². The molecule has 0 aliphatic rings. The van der Waals surface area contributed by atoms with Gasteiger partial charge in [-0.2, -0.15) is 0 Å². The molecule has 0 aromatic heterocycles. The van der Waals surface area contributed by atoms with Gasteiger partial charge in [-0.25, -0.2) is 0 Å². The molecule has 1 rings (SSSR count). The van der Waals surface area contributed by atoms with Crippen LogP contribution in [0.3, 0.4) is 0 Å². The summed E-state index contributed by atoms with van der Waals surface area (Å²) in [5, 5.41) is 14.1. The summed E-state index contributed by atoms with van der Waals surface area (Å²) >= 11 is 6.23. The van der Waals surface area contributed by atoms with Crippen molar-refractivity contribution in [3.8, 4) is 5.75 Å². The predicted octanol–water partition coefficient (Wildman–Crippen LogP) is 3.77. The van der Waals surface area contributed by atoms with Crippen LogP contribution < -0.4 is 10.1 Å². The van der Waals surface area contributed by atoms with Crippen molar-refractivity contribution in [1.82, 2.24) is 5.32 Å². The minimum atomic E-state index is -0.777. The number of hydrogen-bond acceptors (Lipinski definition) is 3. The van der Waals surface area contributed by atoms with Crippen molar-refractivity contribution >= 4 is 11.6 Å². The van der Waals surface area contributed by atoms with Crippen LogP contribution in [0.1, 0.15) is 46.1 Å². The average Bonchev–Trinajstić information content (AvgIpc) is 2.43. The number of ether oxygens (including phenoxy) is 1. The van der Waals surface area contributed by atoms with Gasteiger partial charge in [0.25, 0.3) is 0 Å². The lowest BCUT2D eigenvalue weighted by atomic mass is 9.99. The molecule has 0 fully saturated rings. The molecule has 1 aromatic rings. The highest BCUT2D eigenvalue weighted by Gasteiger charge is 2.23. The number of benzene rings is 1. The molecule has 20 heavy (non-hydrogen) atoms. The Balaban J connectivity index is 2.64. The van der Waals surface area contributed by atoms with Gasteiger partial charge in [0, 0.05) is 12.6 Å². The molecule has 114 valence electrons. The topological polar surface area (TPSA) is 41.5 Å². The molecule has 2 N–H and O–H groups in total. The molecular weight excluding hydrogens is 274 g/mol. The van der Waals surface area contributed by atoms with Crippen LogP contribution >= 0.6 is 11.6 Å². The Bertz CT molecular complexity index is 417. The fourth-order valence-electron chi connectivity index (χ4n) is 1.76. The zero-order valence-electron chi connectivity index (χ0n) is 12.9. The lowest BCUT2D eigenvalue weighted by molar-refractivity contribution is -0.0113. The predicted molar refractivity (Wildman–Crippen MR) is 84.5 cm³/mol. The van der Waals surface area contributed by atoms with Crippen molar-refractivity contribution in [2.75, 3.05) is 6.61 Å². The van der Waals surface area contributed by atoms with Crippen LogP contribution in [0.5, 0.6) is 5.75 Å². The normalized spacial score (nSPS) is 11.9. The minimum Gasteiger partial charge on any atom is -0.489 e. The summed E-state index contributed by atoms with van der Waals surface area (Å²) in [6.45, 7) is 9.17. The fraction of sp³-hybridized carbons (Fsp3) is 0.625. The molecule has 0 unspecified atom stereocenters. The summed E-state index contributed by atoms with van der Waals surface area (Å²) < 4.78 is 5.66. The molecule has 4 heteroatoms. The number of hydrogen-bond donors (Lipinski definition) is 2. The molecular formula is C16H26ClNO2. The highest BCUT2D eigenvalue weighted by molar-refractivity contribution is 6.32. The third kappa shape index (κ3) is 5.31. The lowest BCUT2D eigenvalue weighted by Crippen LogP contribution is -2.34. The van der Waals surface area contributed by atoms with E-state index in [0.717, 1.165) is 12.1 Å². The van der Waals surface area contributed by atoms with Crippen LogP contribution in [0.25, 0.3) is 0 Å². The summed E-state index contributed by atoms with van der Waals surface area (Å²) in [6.07, 6.45) is 1.33. The van der Waals surface area contributed by atoms with Crippen molar-refractivity contribution in [2.45, 2.75) is 58.7 Å². The van der Waals surface area contributed by atoms with E-state index in [4.69, 9.17) is 16.3 Å². The van der Waals surface area contributed by atoms with E-state index in [-0.39, 0.29) is 6.61 Å². The zero-order valence-corrected chi connectivity index (χ0v) is 13.6. The Morgan fingerprint density at radius 3 is 2.45 bits per heavy atom. The monoisotopic (exact) mass is 299 g/mol. The van der Waals surface area contributed by atoms with Gasteiger partial charge in [0.05, 0.1) is 10.6 Å². The van der Waals surface area contributed by atoms with Crippen molar-refractivity contribution in [3.05, 3.63) is 28.8 Å². The summed E-state index contributed by atoms with van der Waals surface area (Å²) in [7, 11) is 0. The smallest absolute Gasteiger partial charge is 0.138 e. The standard InChI is InChI=1S/C16H26ClNO2/c1-5-16(19,6-2)11-20-15-8-7-13(9-14(15)17)10-18-12(3)4/h7-9,12,18-19H,5-6,10-11H2,1-4H3. The minimum absolute atomic E-state index is 0.267. The van der Waals surface area contributed by atoms with Crippen LogP contribution in [0.4, 0.5) is 0 Å². The van der Waals surface area contributed by atoms with Crippen molar-refractivity contribution < 1.29 is 9.84 Å². The van der Waals surface area contributed by atoms with Gasteiger partial charge >= 0.3 is 0 Å². The number of rotatable bonds is 8. The molecule has 3 nitrogen and oxygen atoms in total. The maximum Gasteiger partial charge on any atom is 0.138 e. The Hall–Kier alpha value is -0.770. The van der Waals surface area contributed by atoms with E-state index >= 15 is 0 Å². The van der Waals surface area contributed by atoms with Gasteiger partial charge in [0.2, 0.25) is 0 Å². The highest BCUT2D eigenvalue weighted by Crippen LogP contribution is 2.27. The molecule has 0 spiro atoms. The van der Waals surface area contributed by atoms with Crippen molar-refractivity contribution in [3.63, 3.8) is 0 Å². The van der Waals surface area contributed by atoms with Crippen LogP contribution in [0.2, 0.25) is 5.02 Å². The summed E-state index contributed by atoms with van der Waals surface area (Å²) in [6, 6.07) is 6.20. The molecule has 0 bridgehead atoms. The molecule has 0 amide bonds. The summed E-state index contributed by atoms with van der Waals surface area (Å²) in [4.78, 5) is 0. The SMILES string of the molecule is CCC(O)(CC)COc1ccc(CNC(C)C)cc1Cl. The summed E-state index contributed by atoms with van der Waals surface area (Å²) in [5.74, 6) is 0.625. The maximum atomic E-state index is 10.2. The second-order valence-electron chi connectivity index (χ2n) is 5.52. The molecule has 0 saturated heterocycles. The Morgan fingerprint density at radius 1 is 1.30 bits per heavy atom. The Labute approximate surface area is 127 Å². The molecule has 0 aliphatic carbocycles. The zero-order chi connectivity index (χ0) is 15.2. The lowest BCUT2D eigenvalue weighted by Gasteiger charge is -2.25. The second kappa shape index (κ2) is 7.87. The van der Waals surface area contributed by atoms with E-state index in [1.54, 1.807) is 0 Å². The van der Waals surface area contributed by atoms with Crippen LogP contribution in [0.15, 0.2) is 18.2 Å². The van der Waals surface area contributed by atoms with E-state index in [2.05, 4.69) is 19.2 Å². The average molecular weight is 300 g/mol. The first kappa shape index (κ1) is 17.3. The van der Waals surface area contributed by atoms with E-state index in [9.17, 15) is 5.11 Å². The van der Waals surface area contributed by atoms with Gasteiger partial charge in [-0.05, 0) is 30.5 Å². The van der Waals surface area contributed by atoms with E-state index in [1.807, 2.05) is 32.0 Å². The Morgan fingerprint density at radius 2 is 1.95 bits per heavy atom. The van der Waals surface area contributed by atoms with Gasteiger partial charge in [-0.1, -0.05) is 45.4 Å². The number of nitrogens with one attached hydrogen (secondary N) is 1. The highest BCUT2D eigenvalue weighted by atomic mass is 35.5. The molecule has 0 heterocycles.